The summed E-state index contributed by atoms with van der Waals surface area (Å²) < 4.78 is 27.1. The molecule has 6 nitrogen and oxygen atoms in total. The third-order valence-electron chi connectivity index (χ3n) is 4.76. The van der Waals surface area contributed by atoms with Crippen LogP contribution in [0.1, 0.15) is 24.8 Å². The largest absolute Gasteiger partial charge is 0.321 e. The molecule has 0 aromatic heterocycles. The first-order valence-electron chi connectivity index (χ1n) is 9.76. The van der Waals surface area contributed by atoms with Gasteiger partial charge in [-0.3, -0.25) is 4.79 Å². The fourth-order valence-electron chi connectivity index (χ4n) is 3.17. The second kappa shape index (κ2) is 10.0. The maximum Gasteiger partial charge on any atom is 0.266 e. The lowest BCUT2D eigenvalue weighted by Gasteiger charge is -2.26. The fraction of sp³-hybridized carbons (Fsp3) is 0.217. The van der Waals surface area contributed by atoms with Crippen molar-refractivity contribution in [3.05, 3.63) is 77.9 Å². The number of benzene rings is 2. The molecule has 1 aliphatic heterocycles. The van der Waals surface area contributed by atoms with Gasteiger partial charge in [0.15, 0.2) is 0 Å². The Hall–Kier alpha value is -3.21. The topological polar surface area (TPSA) is 90.3 Å². The lowest BCUT2D eigenvalue weighted by Crippen LogP contribution is -2.35. The van der Waals surface area contributed by atoms with E-state index in [0.29, 0.717) is 18.8 Å². The monoisotopic (exact) mass is 421 g/mol. The number of carbonyl (C=O) groups is 1. The molecular weight excluding hydrogens is 398 g/mol. The van der Waals surface area contributed by atoms with Gasteiger partial charge in [0.1, 0.15) is 11.6 Å². The summed E-state index contributed by atoms with van der Waals surface area (Å²) in [5, 5.41) is 11.9. The molecule has 0 unspecified atom stereocenters. The highest BCUT2D eigenvalue weighted by Gasteiger charge is 2.26. The van der Waals surface area contributed by atoms with Gasteiger partial charge in [0.05, 0.1) is 4.90 Å². The molecule has 0 bridgehead atoms. The van der Waals surface area contributed by atoms with Gasteiger partial charge in [-0.25, -0.2) is 8.42 Å². The van der Waals surface area contributed by atoms with Crippen molar-refractivity contribution in [2.75, 3.05) is 18.4 Å². The van der Waals surface area contributed by atoms with E-state index in [1.165, 1.54) is 22.5 Å². The van der Waals surface area contributed by atoms with Crippen molar-refractivity contribution in [1.82, 2.24) is 4.31 Å². The first-order chi connectivity index (χ1) is 14.5. The Morgan fingerprint density at radius 1 is 1.03 bits per heavy atom. The number of sulfonamides is 1. The molecule has 1 fully saturated rings. The molecule has 1 aliphatic rings. The molecule has 7 heteroatoms. The van der Waals surface area contributed by atoms with E-state index in [1.807, 2.05) is 36.4 Å². The van der Waals surface area contributed by atoms with Gasteiger partial charge in [0.25, 0.3) is 5.91 Å². The van der Waals surface area contributed by atoms with Crippen molar-refractivity contribution in [2.24, 2.45) is 0 Å². The number of hydrogen-bond donors (Lipinski definition) is 1. The van der Waals surface area contributed by atoms with Crippen molar-refractivity contribution < 1.29 is 13.2 Å². The molecule has 1 N–H and O–H groups in total. The molecule has 0 aliphatic carbocycles. The zero-order valence-corrected chi connectivity index (χ0v) is 17.3. The summed E-state index contributed by atoms with van der Waals surface area (Å²) >= 11 is 0. The Balaban J connectivity index is 1.73. The highest BCUT2D eigenvalue weighted by molar-refractivity contribution is 7.89. The molecule has 0 atom stereocenters. The number of nitrogens with zero attached hydrogens (tertiary/aromatic N) is 2. The van der Waals surface area contributed by atoms with Crippen molar-refractivity contribution in [1.29, 1.82) is 5.26 Å². The van der Waals surface area contributed by atoms with Gasteiger partial charge in [-0.2, -0.15) is 9.57 Å². The summed E-state index contributed by atoms with van der Waals surface area (Å²) in [6.07, 6.45) is 7.58. The highest BCUT2D eigenvalue weighted by atomic mass is 32.2. The second-order valence-corrected chi connectivity index (χ2v) is 8.85. The molecule has 0 radical (unpaired) electrons. The Labute approximate surface area is 177 Å². The summed E-state index contributed by atoms with van der Waals surface area (Å²) in [6.45, 7) is 1.02. The standard InChI is InChI=1S/C23H23N3O3S/c24-18-20(12-7-11-19-9-3-1-4-10-19)23(27)25-21-13-8-14-22(17-21)30(28,29)26-15-5-2-6-16-26/h1,3-4,7-14,17H,2,5-6,15-16H2,(H,25,27)/b11-7+,20-12+. The minimum atomic E-state index is -3.60. The van der Waals surface area contributed by atoms with Crippen LogP contribution in [0.15, 0.2) is 77.2 Å². The van der Waals surface area contributed by atoms with Crippen LogP contribution in [0.25, 0.3) is 6.08 Å². The first kappa shape index (κ1) is 21.5. The summed E-state index contributed by atoms with van der Waals surface area (Å²) in [5.74, 6) is -0.595. The van der Waals surface area contributed by atoms with Crippen LogP contribution in [0, 0.1) is 11.3 Å². The number of anilines is 1. The Morgan fingerprint density at radius 3 is 2.47 bits per heavy atom. The average Bonchev–Trinajstić information content (AvgIpc) is 2.78. The van der Waals surface area contributed by atoms with Crippen molar-refractivity contribution in [3.63, 3.8) is 0 Å². The normalized spacial score (nSPS) is 15.6. The van der Waals surface area contributed by atoms with E-state index in [1.54, 1.807) is 24.3 Å². The molecule has 0 saturated carbocycles. The minimum absolute atomic E-state index is 0.0773. The number of nitriles is 1. The molecule has 1 amide bonds. The van der Waals surface area contributed by atoms with E-state index in [-0.39, 0.29) is 10.5 Å². The van der Waals surface area contributed by atoms with Gasteiger partial charge in [-0.05, 0) is 42.7 Å². The van der Waals surface area contributed by atoms with Crippen molar-refractivity contribution in [2.45, 2.75) is 24.2 Å². The van der Waals surface area contributed by atoms with E-state index in [0.717, 1.165) is 24.8 Å². The predicted molar refractivity (Wildman–Crippen MR) is 117 cm³/mol. The number of piperidine rings is 1. The van der Waals surface area contributed by atoms with E-state index in [2.05, 4.69) is 5.32 Å². The molecule has 2 aromatic rings. The Bertz CT molecular complexity index is 1090. The summed E-state index contributed by atoms with van der Waals surface area (Å²) in [5.41, 5.74) is 1.19. The lowest BCUT2D eigenvalue weighted by atomic mass is 10.2. The molecule has 1 heterocycles. The van der Waals surface area contributed by atoms with E-state index >= 15 is 0 Å². The van der Waals surface area contributed by atoms with Crippen LogP contribution in [-0.2, 0) is 14.8 Å². The van der Waals surface area contributed by atoms with Crippen LogP contribution < -0.4 is 5.32 Å². The maximum atomic E-state index is 12.8. The molecule has 30 heavy (non-hydrogen) atoms. The van der Waals surface area contributed by atoms with E-state index in [4.69, 9.17) is 0 Å². The lowest BCUT2D eigenvalue weighted by molar-refractivity contribution is -0.112. The van der Waals surface area contributed by atoms with Crippen LogP contribution in [0.5, 0.6) is 0 Å². The first-order valence-corrected chi connectivity index (χ1v) is 11.2. The van der Waals surface area contributed by atoms with Gasteiger partial charge >= 0.3 is 0 Å². The number of nitrogens with one attached hydrogen (secondary N) is 1. The predicted octanol–water partition coefficient (Wildman–Crippen LogP) is 3.96. The number of allylic oxidation sites excluding steroid dienone is 2. The van der Waals surface area contributed by atoms with Crippen molar-refractivity contribution >= 4 is 27.7 Å². The number of carbonyl (C=O) groups excluding carboxylic acids is 1. The Kier molecular flexibility index (Phi) is 7.17. The number of rotatable bonds is 6. The molecule has 3 rings (SSSR count). The Morgan fingerprint density at radius 2 is 1.77 bits per heavy atom. The summed E-state index contributed by atoms with van der Waals surface area (Å²) in [6, 6.07) is 17.5. The van der Waals surface area contributed by atoms with Gasteiger partial charge in [0, 0.05) is 18.8 Å². The van der Waals surface area contributed by atoms with Gasteiger partial charge in [-0.15, -0.1) is 0 Å². The zero-order valence-electron chi connectivity index (χ0n) is 16.5. The van der Waals surface area contributed by atoms with Gasteiger partial charge in [-0.1, -0.05) is 55.0 Å². The third kappa shape index (κ3) is 5.44. The smallest absolute Gasteiger partial charge is 0.266 e. The molecular formula is C23H23N3O3S. The quantitative estimate of drug-likeness (QED) is 0.434. The van der Waals surface area contributed by atoms with Crippen LogP contribution in [0.2, 0.25) is 0 Å². The van der Waals surface area contributed by atoms with E-state index in [9.17, 15) is 18.5 Å². The molecule has 1 saturated heterocycles. The van der Waals surface area contributed by atoms with E-state index < -0.39 is 15.9 Å². The van der Waals surface area contributed by atoms with Crippen LogP contribution in [0.4, 0.5) is 5.69 Å². The molecule has 0 spiro atoms. The average molecular weight is 422 g/mol. The van der Waals surface area contributed by atoms with Gasteiger partial charge in [0.2, 0.25) is 10.0 Å². The van der Waals surface area contributed by atoms with Crippen molar-refractivity contribution in [3.8, 4) is 6.07 Å². The maximum absolute atomic E-state index is 12.8. The summed E-state index contributed by atoms with van der Waals surface area (Å²) in [7, 11) is -3.60. The third-order valence-corrected chi connectivity index (χ3v) is 6.66. The zero-order chi connectivity index (χ0) is 21.4. The molecule has 154 valence electrons. The number of hydrogen-bond acceptors (Lipinski definition) is 4. The van der Waals surface area contributed by atoms with Gasteiger partial charge < -0.3 is 5.32 Å². The minimum Gasteiger partial charge on any atom is -0.321 e. The molecule has 2 aromatic carbocycles. The van der Waals surface area contributed by atoms with Crippen LogP contribution in [0.3, 0.4) is 0 Å². The van der Waals surface area contributed by atoms with Crippen LogP contribution >= 0.6 is 0 Å². The van der Waals surface area contributed by atoms with Crippen LogP contribution in [-0.4, -0.2) is 31.7 Å². The summed E-state index contributed by atoms with van der Waals surface area (Å²) in [4.78, 5) is 12.6. The number of amides is 1. The SMILES string of the molecule is N#C/C(=C\C=C\c1ccccc1)C(=O)Nc1cccc(S(=O)(=O)N2CCCCC2)c1. The fourth-order valence-corrected chi connectivity index (χ4v) is 4.73. The second-order valence-electron chi connectivity index (χ2n) is 6.91. The highest BCUT2D eigenvalue weighted by Crippen LogP contribution is 2.23.